The molecule has 1 aromatic heterocycles. The zero-order valence-corrected chi connectivity index (χ0v) is 18.9. The number of nitrogens with zero attached hydrogens (tertiary/aromatic N) is 1. The molecule has 168 valence electrons. The van der Waals surface area contributed by atoms with Gasteiger partial charge in [0.2, 0.25) is 0 Å². The number of hydrogen-bond donors (Lipinski definition) is 3. The Kier molecular flexibility index (Phi) is 5.71. The molecule has 2 heterocycles. The number of amides is 2. The van der Waals surface area contributed by atoms with Crippen molar-refractivity contribution < 1.29 is 14.7 Å². The first-order chi connectivity index (χ1) is 15.2. The summed E-state index contributed by atoms with van der Waals surface area (Å²) in [5.41, 5.74) is 9.80. The number of H-pyrrole nitrogens is 1. The van der Waals surface area contributed by atoms with E-state index in [1.807, 2.05) is 42.6 Å². The molecule has 0 aliphatic carbocycles. The first kappa shape index (κ1) is 21.9. The molecule has 4 N–H and O–H groups in total. The van der Waals surface area contributed by atoms with Gasteiger partial charge in [0.25, 0.3) is 5.91 Å². The zero-order valence-electron chi connectivity index (χ0n) is 18.9. The van der Waals surface area contributed by atoms with Crippen molar-refractivity contribution in [1.82, 2.24) is 9.88 Å². The highest BCUT2D eigenvalue weighted by molar-refractivity contribution is 6.07. The summed E-state index contributed by atoms with van der Waals surface area (Å²) in [5, 5.41) is 10.8. The molecule has 1 saturated heterocycles. The zero-order chi connectivity index (χ0) is 23.0. The lowest BCUT2D eigenvalue weighted by Gasteiger charge is -2.47. The van der Waals surface area contributed by atoms with Crippen LogP contribution in [0.1, 0.15) is 49.5 Å². The SMILES string of the molecule is CC(C)(C)C1C(Cc2c[nH]c3c(C(N)=O)cc(-c4ccccc4)cc23)CCCN1C(=O)O. The number of benzene rings is 2. The van der Waals surface area contributed by atoms with Gasteiger partial charge in [-0.15, -0.1) is 0 Å². The number of likely N-dealkylation sites (tertiary alicyclic amines) is 1. The third-order valence-corrected chi connectivity index (χ3v) is 6.62. The van der Waals surface area contributed by atoms with E-state index in [4.69, 9.17) is 5.73 Å². The van der Waals surface area contributed by atoms with Crippen molar-refractivity contribution in [3.8, 4) is 11.1 Å². The van der Waals surface area contributed by atoms with Crippen LogP contribution < -0.4 is 5.73 Å². The number of rotatable bonds is 4. The van der Waals surface area contributed by atoms with Crippen LogP contribution in [0.5, 0.6) is 0 Å². The lowest BCUT2D eigenvalue weighted by molar-refractivity contribution is 0.0231. The number of carbonyl (C=O) groups excluding carboxylic acids is 1. The molecule has 1 aliphatic heterocycles. The summed E-state index contributed by atoms with van der Waals surface area (Å²) in [7, 11) is 0. The minimum absolute atomic E-state index is 0.0772. The average molecular weight is 434 g/mol. The standard InChI is InChI=1S/C26H31N3O3/c1-26(2,3)23-17(10-7-11-29(23)25(31)32)12-19-15-28-22-20(19)13-18(14-21(22)24(27)30)16-8-5-4-6-9-16/h4-6,8-9,13-15,17,23,28H,7,10-12H2,1-3H3,(H2,27,30)(H,31,32). The molecule has 0 radical (unpaired) electrons. The van der Waals surface area contributed by atoms with Gasteiger partial charge in [0.05, 0.1) is 11.1 Å². The molecule has 2 unspecified atom stereocenters. The maximum atomic E-state index is 12.2. The molecule has 2 aromatic carbocycles. The number of nitrogens with one attached hydrogen (secondary N) is 1. The van der Waals surface area contributed by atoms with Gasteiger partial charge < -0.3 is 20.7 Å². The summed E-state index contributed by atoms with van der Waals surface area (Å²) in [6, 6.07) is 13.8. The van der Waals surface area contributed by atoms with Crippen molar-refractivity contribution >= 4 is 22.9 Å². The fraction of sp³-hybridized carbons (Fsp3) is 0.385. The summed E-state index contributed by atoms with van der Waals surface area (Å²) in [5.74, 6) is -0.278. The molecule has 0 saturated carbocycles. The Morgan fingerprint density at radius 2 is 1.88 bits per heavy atom. The van der Waals surface area contributed by atoms with Crippen LogP contribution in [0.15, 0.2) is 48.7 Å². The molecule has 2 amide bonds. The predicted octanol–water partition coefficient (Wildman–Crippen LogP) is 5.28. The monoisotopic (exact) mass is 433 g/mol. The van der Waals surface area contributed by atoms with E-state index in [9.17, 15) is 14.7 Å². The molecule has 6 nitrogen and oxygen atoms in total. The third kappa shape index (κ3) is 4.09. The van der Waals surface area contributed by atoms with E-state index >= 15 is 0 Å². The maximum absolute atomic E-state index is 12.2. The predicted molar refractivity (Wildman–Crippen MR) is 127 cm³/mol. The minimum atomic E-state index is -0.851. The number of fused-ring (bicyclic) bond motifs is 1. The van der Waals surface area contributed by atoms with Gasteiger partial charge in [0, 0.05) is 24.2 Å². The van der Waals surface area contributed by atoms with Crippen LogP contribution in [0.25, 0.3) is 22.0 Å². The van der Waals surface area contributed by atoms with Gasteiger partial charge in [-0.05, 0) is 59.4 Å². The smallest absolute Gasteiger partial charge is 0.407 e. The van der Waals surface area contributed by atoms with Crippen LogP contribution in [-0.2, 0) is 6.42 Å². The lowest BCUT2D eigenvalue weighted by Crippen LogP contribution is -2.54. The van der Waals surface area contributed by atoms with Gasteiger partial charge >= 0.3 is 6.09 Å². The normalized spacial score (nSPS) is 19.3. The topological polar surface area (TPSA) is 99.4 Å². The summed E-state index contributed by atoms with van der Waals surface area (Å²) in [4.78, 5) is 29.1. The Morgan fingerprint density at radius 1 is 1.16 bits per heavy atom. The Morgan fingerprint density at radius 3 is 2.50 bits per heavy atom. The average Bonchev–Trinajstić information content (AvgIpc) is 3.15. The van der Waals surface area contributed by atoms with E-state index in [0.717, 1.165) is 46.9 Å². The third-order valence-electron chi connectivity index (χ3n) is 6.62. The van der Waals surface area contributed by atoms with Crippen LogP contribution in [0, 0.1) is 11.3 Å². The number of primary amides is 1. The summed E-state index contributed by atoms with van der Waals surface area (Å²) >= 11 is 0. The van der Waals surface area contributed by atoms with Gasteiger partial charge in [-0.2, -0.15) is 0 Å². The molecule has 0 bridgehead atoms. The Balaban J connectivity index is 1.78. The summed E-state index contributed by atoms with van der Waals surface area (Å²) < 4.78 is 0. The fourth-order valence-corrected chi connectivity index (χ4v) is 5.41. The van der Waals surface area contributed by atoms with Crippen LogP contribution in [0.2, 0.25) is 0 Å². The number of nitrogens with two attached hydrogens (primary N) is 1. The van der Waals surface area contributed by atoms with E-state index in [0.29, 0.717) is 12.1 Å². The van der Waals surface area contributed by atoms with Gasteiger partial charge in [-0.25, -0.2) is 4.79 Å². The second-order valence-corrected chi connectivity index (χ2v) is 9.88. The summed E-state index contributed by atoms with van der Waals surface area (Å²) in [6.07, 6.45) is 3.66. The Labute approximate surface area is 188 Å². The molecular weight excluding hydrogens is 402 g/mol. The number of aromatic amines is 1. The molecule has 4 rings (SSSR count). The van der Waals surface area contributed by atoms with Crippen LogP contribution in [0.3, 0.4) is 0 Å². The van der Waals surface area contributed by atoms with Crippen molar-refractivity contribution in [2.75, 3.05) is 6.54 Å². The van der Waals surface area contributed by atoms with Gasteiger partial charge in [0.15, 0.2) is 0 Å². The number of carbonyl (C=O) groups is 2. The second-order valence-electron chi connectivity index (χ2n) is 9.88. The van der Waals surface area contributed by atoms with Crippen molar-refractivity contribution in [3.05, 3.63) is 59.8 Å². The molecule has 32 heavy (non-hydrogen) atoms. The molecule has 0 spiro atoms. The largest absolute Gasteiger partial charge is 0.465 e. The van der Waals surface area contributed by atoms with Crippen LogP contribution in [-0.4, -0.2) is 39.6 Å². The van der Waals surface area contributed by atoms with E-state index in [1.54, 1.807) is 4.90 Å². The van der Waals surface area contributed by atoms with E-state index in [1.165, 1.54) is 0 Å². The maximum Gasteiger partial charge on any atom is 0.407 e. The highest BCUT2D eigenvalue weighted by Crippen LogP contribution is 2.39. The quantitative estimate of drug-likeness (QED) is 0.522. The highest BCUT2D eigenvalue weighted by Gasteiger charge is 2.41. The number of aromatic nitrogens is 1. The van der Waals surface area contributed by atoms with E-state index in [-0.39, 0.29) is 17.4 Å². The number of piperidine rings is 1. The van der Waals surface area contributed by atoms with Gasteiger partial charge in [-0.3, -0.25) is 4.79 Å². The van der Waals surface area contributed by atoms with Gasteiger partial charge in [0.1, 0.15) is 0 Å². The van der Waals surface area contributed by atoms with Crippen molar-refractivity contribution in [2.45, 2.75) is 46.1 Å². The first-order valence-electron chi connectivity index (χ1n) is 11.2. The minimum Gasteiger partial charge on any atom is -0.465 e. The second kappa shape index (κ2) is 8.34. The molecule has 6 heteroatoms. The van der Waals surface area contributed by atoms with E-state index < -0.39 is 12.0 Å². The fourth-order valence-electron chi connectivity index (χ4n) is 5.41. The molecule has 1 fully saturated rings. The van der Waals surface area contributed by atoms with Crippen molar-refractivity contribution in [2.24, 2.45) is 17.1 Å². The lowest BCUT2D eigenvalue weighted by atomic mass is 9.72. The van der Waals surface area contributed by atoms with Gasteiger partial charge in [-0.1, -0.05) is 51.1 Å². The van der Waals surface area contributed by atoms with Crippen LogP contribution in [0.4, 0.5) is 4.79 Å². The Hall–Kier alpha value is -3.28. The van der Waals surface area contributed by atoms with Crippen molar-refractivity contribution in [3.63, 3.8) is 0 Å². The first-order valence-corrected chi connectivity index (χ1v) is 11.2. The number of carboxylic acid groups (broad SMARTS) is 1. The number of hydrogen-bond acceptors (Lipinski definition) is 2. The van der Waals surface area contributed by atoms with Crippen LogP contribution >= 0.6 is 0 Å². The summed E-state index contributed by atoms with van der Waals surface area (Å²) in [6.45, 7) is 6.91. The highest BCUT2D eigenvalue weighted by atomic mass is 16.4. The Bertz CT molecular complexity index is 1140. The molecule has 1 aliphatic rings. The molecule has 2 atom stereocenters. The van der Waals surface area contributed by atoms with Crippen molar-refractivity contribution in [1.29, 1.82) is 0 Å². The molecular formula is C26H31N3O3. The van der Waals surface area contributed by atoms with E-state index in [2.05, 4.69) is 31.8 Å². The molecule has 3 aromatic rings.